The summed E-state index contributed by atoms with van der Waals surface area (Å²) in [6.45, 7) is 6.17. The highest BCUT2D eigenvalue weighted by Gasteiger charge is 2.21. The lowest BCUT2D eigenvalue weighted by Gasteiger charge is -2.36. The van der Waals surface area contributed by atoms with Crippen molar-refractivity contribution < 1.29 is 4.74 Å². The van der Waals surface area contributed by atoms with Crippen LogP contribution in [0, 0.1) is 0 Å². The average molecular weight is 495 g/mol. The van der Waals surface area contributed by atoms with Crippen molar-refractivity contribution in [3.63, 3.8) is 0 Å². The van der Waals surface area contributed by atoms with Gasteiger partial charge in [0.15, 0.2) is 5.65 Å². The fraction of sp³-hybridized carbons (Fsp3) is 0.348. The highest BCUT2D eigenvalue weighted by molar-refractivity contribution is 6.30. The van der Waals surface area contributed by atoms with Gasteiger partial charge in [-0.25, -0.2) is 20.0 Å². The van der Waals surface area contributed by atoms with Gasteiger partial charge in [0.25, 0.3) is 0 Å². The van der Waals surface area contributed by atoms with Crippen LogP contribution in [0.5, 0.6) is 0 Å². The first kappa shape index (κ1) is 23.4. The number of anilines is 2. The SMILES string of the molecule is CCN(c1ncc2c(-c3ccnc(NC(CN)c4cccc(Cl)c4)n3)[nH]nc2n1)N1CCOCC1. The lowest BCUT2D eigenvalue weighted by atomic mass is 10.1. The van der Waals surface area contributed by atoms with Crippen LogP contribution in [0.4, 0.5) is 11.9 Å². The Morgan fingerprint density at radius 3 is 2.86 bits per heavy atom. The van der Waals surface area contributed by atoms with E-state index in [2.05, 4.69) is 47.4 Å². The standard InChI is InChI=1S/C23H27ClN10O/c1-2-34(33-8-10-35-11-9-33)23-27-14-17-20(31-32-21(17)30-23)18-6-7-26-22(28-18)29-19(13-25)15-4-3-5-16(24)12-15/h3-7,12,14,19H,2,8-11,13,25H2,1H3,(H,26,28,29)(H,27,30,31,32). The van der Waals surface area contributed by atoms with Crippen LogP contribution in [-0.4, -0.2) is 74.5 Å². The molecular formula is C23H27ClN10O. The number of nitrogens with zero attached hydrogens (tertiary/aromatic N) is 7. The molecule has 1 saturated heterocycles. The van der Waals surface area contributed by atoms with Gasteiger partial charge in [0.05, 0.1) is 36.0 Å². The van der Waals surface area contributed by atoms with Crippen LogP contribution >= 0.6 is 11.6 Å². The van der Waals surface area contributed by atoms with Gasteiger partial charge in [-0.3, -0.25) is 10.1 Å². The summed E-state index contributed by atoms with van der Waals surface area (Å²) in [4.78, 5) is 18.4. The molecule has 0 bridgehead atoms. The molecule has 1 atom stereocenters. The monoisotopic (exact) mass is 494 g/mol. The molecule has 0 radical (unpaired) electrons. The number of morpholine rings is 1. The maximum absolute atomic E-state index is 6.15. The van der Waals surface area contributed by atoms with Crippen LogP contribution in [-0.2, 0) is 4.74 Å². The van der Waals surface area contributed by atoms with Gasteiger partial charge >= 0.3 is 0 Å². The Labute approximate surface area is 207 Å². The third-order valence-corrected chi connectivity index (χ3v) is 6.10. The number of hydrogen-bond donors (Lipinski definition) is 3. The van der Waals surface area contributed by atoms with Crippen LogP contribution < -0.4 is 16.1 Å². The summed E-state index contributed by atoms with van der Waals surface area (Å²) in [6.07, 6.45) is 3.47. The van der Waals surface area contributed by atoms with Crippen LogP contribution in [0.15, 0.2) is 42.7 Å². The number of nitrogens with one attached hydrogen (secondary N) is 2. The van der Waals surface area contributed by atoms with Crippen molar-refractivity contribution in [3.05, 3.63) is 53.3 Å². The zero-order valence-electron chi connectivity index (χ0n) is 19.4. The predicted octanol–water partition coefficient (Wildman–Crippen LogP) is 2.65. The van der Waals surface area contributed by atoms with E-state index in [1.165, 1.54) is 0 Å². The zero-order valence-corrected chi connectivity index (χ0v) is 20.1. The number of aromatic nitrogens is 6. The Hall–Kier alpha value is -3.38. The zero-order chi connectivity index (χ0) is 24.2. The van der Waals surface area contributed by atoms with Crippen molar-refractivity contribution in [2.75, 3.05) is 49.7 Å². The molecule has 1 unspecified atom stereocenters. The molecule has 3 aromatic heterocycles. The highest BCUT2D eigenvalue weighted by atomic mass is 35.5. The lowest BCUT2D eigenvalue weighted by Crippen LogP contribution is -2.49. The van der Waals surface area contributed by atoms with Gasteiger partial charge in [0.1, 0.15) is 0 Å². The number of nitrogens with two attached hydrogens (primary N) is 1. The summed E-state index contributed by atoms with van der Waals surface area (Å²) in [5.74, 6) is 1.06. The largest absolute Gasteiger partial charge is 0.379 e. The first-order chi connectivity index (χ1) is 17.2. The normalized spacial score (nSPS) is 15.3. The van der Waals surface area contributed by atoms with E-state index in [4.69, 9.17) is 27.1 Å². The van der Waals surface area contributed by atoms with Crippen molar-refractivity contribution in [1.82, 2.24) is 35.1 Å². The van der Waals surface area contributed by atoms with Gasteiger partial charge in [-0.05, 0) is 30.7 Å². The fourth-order valence-corrected chi connectivity index (χ4v) is 4.30. The maximum atomic E-state index is 6.15. The summed E-state index contributed by atoms with van der Waals surface area (Å²) in [5, 5.41) is 16.5. The van der Waals surface area contributed by atoms with Crippen molar-refractivity contribution in [2.45, 2.75) is 13.0 Å². The summed E-state index contributed by atoms with van der Waals surface area (Å²) in [6, 6.07) is 9.19. The maximum Gasteiger partial charge on any atom is 0.242 e. The second-order valence-corrected chi connectivity index (χ2v) is 8.48. The molecule has 1 aromatic carbocycles. The van der Waals surface area contributed by atoms with Crippen molar-refractivity contribution in [1.29, 1.82) is 0 Å². The molecule has 5 rings (SSSR count). The first-order valence-corrected chi connectivity index (χ1v) is 11.9. The Kier molecular flexibility index (Phi) is 7.00. The van der Waals surface area contributed by atoms with Gasteiger partial charge < -0.3 is 15.8 Å². The molecule has 11 nitrogen and oxygen atoms in total. The minimum atomic E-state index is -0.187. The quantitative estimate of drug-likeness (QED) is 0.335. The molecular weight excluding hydrogens is 468 g/mol. The number of rotatable bonds is 8. The topological polar surface area (TPSA) is 134 Å². The molecule has 4 heterocycles. The van der Waals surface area contributed by atoms with Gasteiger partial charge in [0.2, 0.25) is 11.9 Å². The molecule has 4 N–H and O–H groups in total. The van der Waals surface area contributed by atoms with Crippen LogP contribution in [0.25, 0.3) is 22.4 Å². The van der Waals surface area contributed by atoms with E-state index in [1.54, 1.807) is 12.4 Å². The van der Waals surface area contributed by atoms with Crippen LogP contribution in [0.2, 0.25) is 5.02 Å². The van der Waals surface area contributed by atoms with Gasteiger partial charge in [-0.1, -0.05) is 23.7 Å². The second kappa shape index (κ2) is 10.5. The van der Waals surface area contributed by atoms with Crippen molar-refractivity contribution >= 4 is 34.5 Å². The molecule has 0 saturated carbocycles. The Balaban J connectivity index is 1.40. The molecule has 0 spiro atoms. The molecule has 1 aliphatic heterocycles. The third-order valence-electron chi connectivity index (χ3n) is 5.86. The second-order valence-electron chi connectivity index (χ2n) is 8.04. The van der Waals surface area contributed by atoms with Crippen LogP contribution in [0.3, 0.4) is 0 Å². The van der Waals surface area contributed by atoms with E-state index in [9.17, 15) is 0 Å². The molecule has 1 fully saturated rings. The van der Waals surface area contributed by atoms with E-state index < -0.39 is 0 Å². The van der Waals surface area contributed by atoms with E-state index >= 15 is 0 Å². The number of aromatic amines is 1. The van der Waals surface area contributed by atoms with Crippen molar-refractivity contribution in [2.24, 2.45) is 5.73 Å². The number of ether oxygens (including phenoxy) is 1. The molecule has 182 valence electrons. The molecule has 12 heteroatoms. The minimum Gasteiger partial charge on any atom is -0.379 e. The summed E-state index contributed by atoms with van der Waals surface area (Å²) < 4.78 is 5.47. The number of H-pyrrole nitrogens is 1. The van der Waals surface area contributed by atoms with Gasteiger partial charge in [0, 0.05) is 43.6 Å². The van der Waals surface area contributed by atoms with Crippen LogP contribution in [0.1, 0.15) is 18.5 Å². The summed E-state index contributed by atoms with van der Waals surface area (Å²) in [7, 11) is 0. The summed E-state index contributed by atoms with van der Waals surface area (Å²) >= 11 is 6.15. The predicted molar refractivity (Wildman–Crippen MR) is 135 cm³/mol. The molecule has 1 aliphatic rings. The minimum absolute atomic E-state index is 0.187. The van der Waals surface area contributed by atoms with Crippen molar-refractivity contribution in [3.8, 4) is 11.4 Å². The molecule has 0 aliphatic carbocycles. The Morgan fingerprint density at radius 2 is 2.09 bits per heavy atom. The van der Waals surface area contributed by atoms with E-state index in [1.807, 2.05) is 30.3 Å². The highest BCUT2D eigenvalue weighted by Crippen LogP contribution is 2.26. The fourth-order valence-electron chi connectivity index (χ4n) is 4.10. The molecule has 35 heavy (non-hydrogen) atoms. The number of benzene rings is 1. The lowest BCUT2D eigenvalue weighted by molar-refractivity contribution is 0.0314. The Bertz CT molecular complexity index is 1290. The van der Waals surface area contributed by atoms with E-state index in [0.29, 0.717) is 48.0 Å². The number of hydrogen-bond acceptors (Lipinski definition) is 10. The first-order valence-electron chi connectivity index (χ1n) is 11.5. The van der Waals surface area contributed by atoms with Gasteiger partial charge in [-0.15, -0.1) is 0 Å². The smallest absolute Gasteiger partial charge is 0.242 e. The average Bonchev–Trinajstić information content (AvgIpc) is 3.32. The van der Waals surface area contributed by atoms with Gasteiger partial charge in [-0.2, -0.15) is 10.1 Å². The number of halogens is 1. The van der Waals surface area contributed by atoms with E-state index in [-0.39, 0.29) is 6.04 Å². The third kappa shape index (κ3) is 5.03. The number of fused-ring (bicyclic) bond motifs is 1. The Morgan fingerprint density at radius 1 is 1.23 bits per heavy atom. The molecule has 0 amide bonds. The summed E-state index contributed by atoms with van der Waals surface area (Å²) in [5.41, 5.74) is 8.93. The molecule has 4 aromatic rings. The van der Waals surface area contributed by atoms with E-state index in [0.717, 1.165) is 36.3 Å². The number of hydrazine groups is 1.